The molecule has 0 spiro atoms. The summed E-state index contributed by atoms with van der Waals surface area (Å²) in [5.41, 5.74) is 4.42. The highest BCUT2D eigenvalue weighted by molar-refractivity contribution is 5.91. The van der Waals surface area contributed by atoms with Crippen molar-refractivity contribution in [1.82, 2.24) is 19.6 Å². The fourth-order valence-electron chi connectivity index (χ4n) is 3.43. The van der Waals surface area contributed by atoms with Crippen LogP contribution in [0.15, 0.2) is 91.3 Å². The van der Waals surface area contributed by atoms with E-state index in [1.54, 1.807) is 22.8 Å². The van der Waals surface area contributed by atoms with E-state index in [-0.39, 0.29) is 5.69 Å². The van der Waals surface area contributed by atoms with Gasteiger partial charge in [-0.05, 0) is 30.3 Å². The van der Waals surface area contributed by atoms with Crippen LogP contribution in [-0.2, 0) is 0 Å². The molecule has 8 nitrogen and oxygen atoms in total. The second-order valence-electron chi connectivity index (χ2n) is 6.82. The molecule has 0 radical (unpaired) electrons. The van der Waals surface area contributed by atoms with Crippen LogP contribution in [-0.4, -0.2) is 24.5 Å². The smallest absolute Gasteiger partial charge is 0.270 e. The van der Waals surface area contributed by atoms with Crippen molar-refractivity contribution in [1.29, 1.82) is 0 Å². The lowest BCUT2D eigenvalue weighted by molar-refractivity contribution is -0.384. The molecule has 0 aliphatic carbocycles. The van der Waals surface area contributed by atoms with Crippen LogP contribution in [0.5, 0.6) is 0 Å². The number of anilines is 2. The molecule has 3 aromatic heterocycles. The van der Waals surface area contributed by atoms with Gasteiger partial charge >= 0.3 is 0 Å². The Hall–Kier alpha value is -4.59. The lowest BCUT2D eigenvalue weighted by Gasteiger charge is -2.07. The van der Waals surface area contributed by atoms with Crippen LogP contribution in [0.25, 0.3) is 28.0 Å². The Morgan fingerprint density at radius 2 is 1.77 bits per heavy atom. The van der Waals surface area contributed by atoms with E-state index in [4.69, 9.17) is 4.98 Å². The number of pyridine rings is 1. The SMILES string of the molecule is O=[N+]([O-])c1cccc(-c2nn3ccccc3c2-c2ccnc(Nc3ccccc3)n2)c1. The number of aromatic nitrogens is 4. The van der Waals surface area contributed by atoms with E-state index in [1.807, 2.05) is 60.8 Å². The molecule has 0 fully saturated rings. The first kappa shape index (κ1) is 18.4. The second-order valence-corrected chi connectivity index (χ2v) is 6.82. The van der Waals surface area contributed by atoms with E-state index in [9.17, 15) is 10.1 Å². The highest BCUT2D eigenvalue weighted by Crippen LogP contribution is 2.35. The van der Waals surface area contributed by atoms with Crippen LogP contribution >= 0.6 is 0 Å². The second kappa shape index (κ2) is 7.68. The third-order valence-electron chi connectivity index (χ3n) is 4.81. The molecule has 5 rings (SSSR count). The van der Waals surface area contributed by atoms with Gasteiger partial charge in [-0.15, -0.1) is 0 Å². The Kier molecular flexibility index (Phi) is 4.57. The Labute approximate surface area is 177 Å². The van der Waals surface area contributed by atoms with Gasteiger partial charge in [0, 0.05) is 35.8 Å². The number of non-ortho nitro benzene ring substituents is 1. The van der Waals surface area contributed by atoms with Crippen molar-refractivity contribution in [2.75, 3.05) is 5.32 Å². The molecule has 2 aromatic carbocycles. The first-order valence-electron chi connectivity index (χ1n) is 9.57. The van der Waals surface area contributed by atoms with Crippen LogP contribution in [0.4, 0.5) is 17.3 Å². The molecule has 0 bridgehead atoms. The summed E-state index contributed by atoms with van der Waals surface area (Å²) in [4.78, 5) is 19.9. The molecule has 0 atom stereocenters. The van der Waals surface area contributed by atoms with Crippen LogP contribution in [0.2, 0.25) is 0 Å². The van der Waals surface area contributed by atoms with Gasteiger partial charge in [0.15, 0.2) is 0 Å². The maximum absolute atomic E-state index is 11.3. The van der Waals surface area contributed by atoms with Gasteiger partial charge in [0.05, 0.1) is 21.7 Å². The van der Waals surface area contributed by atoms with Gasteiger partial charge in [-0.2, -0.15) is 5.10 Å². The Balaban J connectivity index is 1.67. The number of nitro groups is 1. The van der Waals surface area contributed by atoms with Gasteiger partial charge < -0.3 is 5.32 Å². The maximum Gasteiger partial charge on any atom is 0.270 e. The third kappa shape index (κ3) is 3.58. The van der Waals surface area contributed by atoms with Gasteiger partial charge in [-0.25, -0.2) is 14.5 Å². The summed E-state index contributed by atoms with van der Waals surface area (Å²) in [7, 11) is 0. The van der Waals surface area contributed by atoms with E-state index in [2.05, 4.69) is 15.4 Å². The molecule has 8 heteroatoms. The van der Waals surface area contributed by atoms with E-state index >= 15 is 0 Å². The highest BCUT2D eigenvalue weighted by atomic mass is 16.6. The van der Waals surface area contributed by atoms with Crippen molar-refractivity contribution in [2.45, 2.75) is 0 Å². The van der Waals surface area contributed by atoms with Gasteiger partial charge in [-0.3, -0.25) is 10.1 Å². The number of benzene rings is 2. The van der Waals surface area contributed by atoms with E-state index < -0.39 is 4.92 Å². The normalized spacial score (nSPS) is 10.8. The summed E-state index contributed by atoms with van der Waals surface area (Å²) >= 11 is 0. The molecule has 31 heavy (non-hydrogen) atoms. The monoisotopic (exact) mass is 408 g/mol. The molecule has 0 saturated heterocycles. The molecule has 0 unspecified atom stereocenters. The molecular weight excluding hydrogens is 392 g/mol. The van der Waals surface area contributed by atoms with Crippen molar-refractivity contribution in [2.24, 2.45) is 0 Å². The number of rotatable bonds is 5. The molecule has 0 aliphatic heterocycles. The third-order valence-corrected chi connectivity index (χ3v) is 4.81. The van der Waals surface area contributed by atoms with E-state index in [1.165, 1.54) is 12.1 Å². The highest BCUT2D eigenvalue weighted by Gasteiger charge is 2.19. The minimum atomic E-state index is -0.411. The summed E-state index contributed by atoms with van der Waals surface area (Å²) < 4.78 is 1.75. The summed E-state index contributed by atoms with van der Waals surface area (Å²) in [6.45, 7) is 0. The standard InChI is InChI=1S/C23H16N6O2/c30-29(31)18-10-6-7-16(15-18)22-21(20-11-4-5-14-28(20)27-22)19-12-13-24-23(26-19)25-17-8-2-1-3-9-17/h1-15H,(H,24,25,26). The zero-order valence-electron chi connectivity index (χ0n) is 16.2. The van der Waals surface area contributed by atoms with E-state index in [0.29, 0.717) is 22.9 Å². The van der Waals surface area contributed by atoms with Gasteiger partial charge in [0.25, 0.3) is 5.69 Å². The molecule has 150 valence electrons. The lowest BCUT2D eigenvalue weighted by Crippen LogP contribution is -1.98. The van der Waals surface area contributed by atoms with Crippen molar-refractivity contribution in [3.63, 3.8) is 0 Å². The van der Waals surface area contributed by atoms with E-state index in [0.717, 1.165) is 16.8 Å². The van der Waals surface area contributed by atoms with Crippen molar-refractivity contribution in [3.8, 4) is 22.5 Å². The predicted molar refractivity (Wildman–Crippen MR) is 118 cm³/mol. The van der Waals surface area contributed by atoms with Gasteiger partial charge in [0.1, 0.15) is 5.69 Å². The number of fused-ring (bicyclic) bond motifs is 1. The number of nitrogens with zero attached hydrogens (tertiary/aromatic N) is 5. The van der Waals surface area contributed by atoms with Crippen LogP contribution in [0, 0.1) is 10.1 Å². The molecule has 1 N–H and O–H groups in total. The lowest BCUT2D eigenvalue weighted by atomic mass is 10.0. The summed E-state index contributed by atoms with van der Waals surface area (Å²) in [6, 6.07) is 23.7. The number of para-hydroxylation sites is 1. The largest absolute Gasteiger partial charge is 0.324 e. The summed E-state index contributed by atoms with van der Waals surface area (Å²) in [6.07, 6.45) is 3.52. The quantitative estimate of drug-likeness (QED) is 0.320. The topological polar surface area (TPSA) is 98.2 Å². The molecular formula is C23H16N6O2. The van der Waals surface area contributed by atoms with Gasteiger partial charge in [-0.1, -0.05) is 36.4 Å². The fourth-order valence-corrected chi connectivity index (χ4v) is 3.43. The first-order chi connectivity index (χ1) is 15.2. The van der Waals surface area contributed by atoms with Crippen molar-refractivity contribution in [3.05, 3.63) is 101 Å². The summed E-state index contributed by atoms with van der Waals surface area (Å²) in [5, 5.41) is 19.2. The summed E-state index contributed by atoms with van der Waals surface area (Å²) in [5.74, 6) is 0.448. The van der Waals surface area contributed by atoms with Gasteiger partial charge in [0.2, 0.25) is 5.95 Å². The molecule has 5 aromatic rings. The number of nitrogens with one attached hydrogen (secondary N) is 1. The Morgan fingerprint density at radius 3 is 2.61 bits per heavy atom. The Bertz CT molecular complexity index is 1400. The zero-order chi connectivity index (χ0) is 21.2. The molecule has 3 heterocycles. The molecule has 0 aliphatic rings. The number of hydrogen-bond acceptors (Lipinski definition) is 6. The fraction of sp³-hybridized carbons (Fsp3) is 0. The average Bonchev–Trinajstić information content (AvgIpc) is 3.20. The zero-order valence-corrected chi connectivity index (χ0v) is 16.2. The van der Waals surface area contributed by atoms with Crippen LogP contribution in [0.3, 0.4) is 0 Å². The minimum Gasteiger partial charge on any atom is -0.324 e. The maximum atomic E-state index is 11.3. The molecule has 0 saturated carbocycles. The average molecular weight is 408 g/mol. The molecule has 0 amide bonds. The van der Waals surface area contributed by atoms with Crippen molar-refractivity contribution < 1.29 is 4.92 Å². The first-order valence-corrected chi connectivity index (χ1v) is 9.57. The number of nitro benzene ring substituents is 1. The number of hydrogen-bond donors (Lipinski definition) is 1. The minimum absolute atomic E-state index is 0.00891. The van der Waals surface area contributed by atoms with Crippen LogP contribution < -0.4 is 5.32 Å². The Morgan fingerprint density at radius 1 is 0.935 bits per heavy atom. The van der Waals surface area contributed by atoms with Crippen LogP contribution in [0.1, 0.15) is 0 Å². The predicted octanol–water partition coefficient (Wildman–Crippen LogP) is 5.11. The van der Waals surface area contributed by atoms with Crippen molar-refractivity contribution >= 4 is 22.8 Å².